The second-order valence-corrected chi connectivity index (χ2v) is 6.24. The van der Waals surface area contributed by atoms with Crippen molar-refractivity contribution in [3.05, 3.63) is 57.1 Å². The lowest BCUT2D eigenvalue weighted by atomic mass is 10.1. The van der Waals surface area contributed by atoms with Crippen LogP contribution < -0.4 is 9.47 Å². The molecule has 0 unspecified atom stereocenters. The standard InChI is InChI=1S/C16H13BrCl2O2/c17-8-10-1-2-15(14(19)5-10)21-9-12-7-13(18)6-11-3-4-20-16(11)12/h1-2,5-7H,3-4,8-9H2. The molecule has 0 amide bonds. The lowest BCUT2D eigenvalue weighted by Gasteiger charge is -2.12. The number of rotatable bonds is 4. The molecular weight excluding hydrogens is 375 g/mol. The number of halogens is 3. The Balaban J connectivity index is 1.79. The third-order valence-electron chi connectivity index (χ3n) is 3.36. The summed E-state index contributed by atoms with van der Waals surface area (Å²) in [4.78, 5) is 0. The molecule has 0 N–H and O–H groups in total. The van der Waals surface area contributed by atoms with Crippen molar-refractivity contribution in [1.82, 2.24) is 0 Å². The summed E-state index contributed by atoms with van der Waals surface area (Å²) < 4.78 is 11.5. The second-order valence-electron chi connectivity index (χ2n) is 4.84. The molecule has 0 aliphatic carbocycles. The van der Waals surface area contributed by atoms with Crippen LogP contribution in [0.15, 0.2) is 30.3 Å². The Morgan fingerprint density at radius 3 is 2.81 bits per heavy atom. The van der Waals surface area contributed by atoms with Gasteiger partial charge < -0.3 is 9.47 Å². The first-order valence-corrected chi connectivity index (χ1v) is 8.46. The molecule has 21 heavy (non-hydrogen) atoms. The number of benzene rings is 2. The SMILES string of the molecule is Clc1cc2c(c(COc3ccc(CBr)cc3Cl)c1)OCC2. The molecule has 2 aromatic rings. The normalized spacial score (nSPS) is 12.9. The molecule has 0 aromatic heterocycles. The van der Waals surface area contributed by atoms with Crippen LogP contribution in [0, 0.1) is 0 Å². The molecular formula is C16H13BrCl2O2. The van der Waals surface area contributed by atoms with Crippen molar-refractivity contribution in [2.45, 2.75) is 18.4 Å². The molecule has 0 radical (unpaired) electrons. The highest BCUT2D eigenvalue weighted by atomic mass is 79.9. The second kappa shape index (κ2) is 6.47. The first kappa shape index (κ1) is 15.0. The summed E-state index contributed by atoms with van der Waals surface area (Å²) in [5.41, 5.74) is 3.21. The van der Waals surface area contributed by atoms with Crippen LogP contribution in [-0.4, -0.2) is 6.61 Å². The van der Waals surface area contributed by atoms with Crippen molar-refractivity contribution in [3.8, 4) is 11.5 Å². The predicted molar refractivity (Wildman–Crippen MR) is 89.1 cm³/mol. The fourth-order valence-electron chi connectivity index (χ4n) is 2.35. The third kappa shape index (κ3) is 3.31. The molecule has 5 heteroatoms. The van der Waals surface area contributed by atoms with Crippen LogP contribution in [0.3, 0.4) is 0 Å². The molecule has 1 aliphatic rings. The van der Waals surface area contributed by atoms with Gasteiger partial charge in [-0.25, -0.2) is 0 Å². The minimum atomic E-state index is 0.385. The Hall–Kier alpha value is -0.900. The van der Waals surface area contributed by atoms with Crippen LogP contribution >= 0.6 is 39.1 Å². The third-order valence-corrected chi connectivity index (χ3v) is 4.52. The first-order valence-electron chi connectivity index (χ1n) is 6.58. The van der Waals surface area contributed by atoms with Crippen LogP contribution in [0.4, 0.5) is 0 Å². The fourth-order valence-corrected chi connectivity index (χ4v) is 3.22. The van der Waals surface area contributed by atoms with Gasteiger partial charge in [0.05, 0.1) is 11.6 Å². The summed E-state index contributed by atoms with van der Waals surface area (Å²) in [5.74, 6) is 1.56. The fraction of sp³-hybridized carbons (Fsp3) is 0.250. The highest BCUT2D eigenvalue weighted by Gasteiger charge is 2.18. The number of alkyl halides is 1. The minimum Gasteiger partial charge on any atom is -0.493 e. The zero-order valence-electron chi connectivity index (χ0n) is 11.2. The van der Waals surface area contributed by atoms with E-state index in [9.17, 15) is 0 Å². The highest BCUT2D eigenvalue weighted by Crippen LogP contribution is 2.34. The van der Waals surface area contributed by atoms with Crippen LogP contribution in [0.1, 0.15) is 16.7 Å². The van der Waals surface area contributed by atoms with E-state index in [2.05, 4.69) is 15.9 Å². The van der Waals surface area contributed by atoms with Gasteiger partial charge in [-0.05, 0) is 35.4 Å². The smallest absolute Gasteiger partial charge is 0.138 e. The molecule has 0 saturated heterocycles. The number of fused-ring (bicyclic) bond motifs is 1. The van der Waals surface area contributed by atoms with E-state index >= 15 is 0 Å². The van der Waals surface area contributed by atoms with Crippen LogP contribution in [0.5, 0.6) is 11.5 Å². The maximum Gasteiger partial charge on any atom is 0.138 e. The Morgan fingerprint density at radius 2 is 2.05 bits per heavy atom. The van der Waals surface area contributed by atoms with Gasteiger partial charge in [-0.2, -0.15) is 0 Å². The first-order chi connectivity index (χ1) is 10.2. The van der Waals surface area contributed by atoms with Gasteiger partial charge in [-0.3, -0.25) is 0 Å². The molecule has 0 bridgehead atoms. The molecule has 1 aliphatic heterocycles. The molecule has 2 aromatic carbocycles. The van der Waals surface area contributed by atoms with E-state index in [4.69, 9.17) is 32.7 Å². The Bertz CT molecular complexity index is 674. The zero-order chi connectivity index (χ0) is 14.8. The minimum absolute atomic E-state index is 0.385. The summed E-state index contributed by atoms with van der Waals surface area (Å²) in [7, 11) is 0. The highest BCUT2D eigenvalue weighted by molar-refractivity contribution is 9.08. The lowest BCUT2D eigenvalue weighted by Crippen LogP contribution is -1.99. The molecule has 0 fully saturated rings. The van der Waals surface area contributed by atoms with Crippen molar-refractivity contribution in [3.63, 3.8) is 0 Å². The monoisotopic (exact) mass is 386 g/mol. The van der Waals surface area contributed by atoms with Gasteiger partial charge in [-0.1, -0.05) is 45.2 Å². The summed E-state index contributed by atoms with van der Waals surface area (Å²) >= 11 is 15.8. The Morgan fingerprint density at radius 1 is 1.19 bits per heavy atom. The summed E-state index contributed by atoms with van der Waals surface area (Å²) in [6.07, 6.45) is 0.892. The summed E-state index contributed by atoms with van der Waals surface area (Å²) in [6, 6.07) is 9.58. The van der Waals surface area contributed by atoms with E-state index < -0.39 is 0 Å². The maximum absolute atomic E-state index is 6.22. The van der Waals surface area contributed by atoms with Gasteiger partial charge in [0, 0.05) is 22.3 Å². The van der Waals surface area contributed by atoms with E-state index in [1.807, 2.05) is 30.3 Å². The quantitative estimate of drug-likeness (QED) is 0.653. The van der Waals surface area contributed by atoms with E-state index in [1.165, 1.54) is 0 Å². The topological polar surface area (TPSA) is 18.5 Å². The molecule has 110 valence electrons. The van der Waals surface area contributed by atoms with Gasteiger partial charge in [0.25, 0.3) is 0 Å². The number of hydrogen-bond donors (Lipinski definition) is 0. The number of hydrogen-bond acceptors (Lipinski definition) is 2. The van der Waals surface area contributed by atoms with Gasteiger partial charge >= 0.3 is 0 Å². The average Bonchev–Trinajstić information content (AvgIpc) is 2.93. The van der Waals surface area contributed by atoms with Gasteiger partial charge in [0.15, 0.2) is 0 Å². The van der Waals surface area contributed by atoms with E-state index in [-0.39, 0.29) is 0 Å². The van der Waals surface area contributed by atoms with Gasteiger partial charge in [0.1, 0.15) is 18.1 Å². The molecule has 0 atom stereocenters. The van der Waals surface area contributed by atoms with Crippen molar-refractivity contribution in [2.75, 3.05) is 6.61 Å². The van der Waals surface area contributed by atoms with Crippen LogP contribution in [0.2, 0.25) is 10.0 Å². The zero-order valence-corrected chi connectivity index (χ0v) is 14.3. The van der Waals surface area contributed by atoms with E-state index in [1.54, 1.807) is 0 Å². The molecule has 2 nitrogen and oxygen atoms in total. The maximum atomic E-state index is 6.22. The molecule has 1 heterocycles. The molecule has 0 saturated carbocycles. The van der Waals surface area contributed by atoms with Crippen molar-refractivity contribution in [2.24, 2.45) is 0 Å². The summed E-state index contributed by atoms with van der Waals surface area (Å²) in [5, 5.41) is 2.08. The van der Waals surface area contributed by atoms with Gasteiger partial charge in [0.2, 0.25) is 0 Å². The summed E-state index contributed by atoms with van der Waals surface area (Å²) in [6.45, 7) is 1.08. The predicted octanol–water partition coefficient (Wildman–Crippen LogP) is 5.40. The van der Waals surface area contributed by atoms with Crippen molar-refractivity contribution in [1.29, 1.82) is 0 Å². The van der Waals surface area contributed by atoms with E-state index in [0.717, 1.165) is 34.2 Å². The van der Waals surface area contributed by atoms with Gasteiger partial charge in [-0.15, -0.1) is 0 Å². The van der Waals surface area contributed by atoms with Crippen molar-refractivity contribution >= 4 is 39.1 Å². The van der Waals surface area contributed by atoms with E-state index in [0.29, 0.717) is 29.0 Å². The Kier molecular flexibility index (Phi) is 4.63. The number of ether oxygens (including phenoxy) is 2. The lowest BCUT2D eigenvalue weighted by molar-refractivity contribution is 0.292. The molecule has 0 spiro atoms. The largest absolute Gasteiger partial charge is 0.493 e. The Labute approximate surface area is 142 Å². The van der Waals surface area contributed by atoms with Crippen LogP contribution in [-0.2, 0) is 18.4 Å². The average molecular weight is 388 g/mol. The van der Waals surface area contributed by atoms with Crippen molar-refractivity contribution < 1.29 is 9.47 Å². The van der Waals surface area contributed by atoms with Crippen LogP contribution in [0.25, 0.3) is 0 Å². The molecule has 3 rings (SSSR count).